The molecule has 0 heteroatoms. The number of hydrogen-bond acceptors (Lipinski definition) is 0. The van der Waals surface area contributed by atoms with E-state index in [4.69, 9.17) is 0 Å². The van der Waals surface area contributed by atoms with E-state index in [0.717, 1.165) is 11.8 Å². The van der Waals surface area contributed by atoms with Gasteiger partial charge in [-0.05, 0) is 23.7 Å². The van der Waals surface area contributed by atoms with Crippen molar-refractivity contribution in [2.75, 3.05) is 0 Å². The second-order valence-electron chi connectivity index (χ2n) is 5.64. The van der Waals surface area contributed by atoms with Crippen LogP contribution < -0.4 is 0 Å². The summed E-state index contributed by atoms with van der Waals surface area (Å²) >= 11 is 0. The van der Waals surface area contributed by atoms with E-state index in [2.05, 4.69) is 41.5 Å². The Morgan fingerprint density at radius 3 is 1.47 bits per heavy atom. The van der Waals surface area contributed by atoms with Crippen molar-refractivity contribution >= 4 is 0 Å². The molecule has 0 heterocycles. The van der Waals surface area contributed by atoms with Gasteiger partial charge in [0, 0.05) is 0 Å². The first-order valence-electron chi connectivity index (χ1n) is 7.02. The van der Waals surface area contributed by atoms with Crippen LogP contribution >= 0.6 is 0 Å². The van der Waals surface area contributed by atoms with Crippen LogP contribution in [0.2, 0.25) is 0 Å². The molecule has 0 aliphatic heterocycles. The van der Waals surface area contributed by atoms with E-state index in [-0.39, 0.29) is 0 Å². The summed E-state index contributed by atoms with van der Waals surface area (Å²) in [7, 11) is 0. The van der Waals surface area contributed by atoms with E-state index in [1.807, 2.05) is 0 Å². The maximum Gasteiger partial charge on any atom is -0.0275 e. The van der Waals surface area contributed by atoms with Gasteiger partial charge in [0.15, 0.2) is 0 Å². The summed E-state index contributed by atoms with van der Waals surface area (Å²) in [6.07, 6.45) is 8.18. The van der Waals surface area contributed by atoms with Gasteiger partial charge in [0.25, 0.3) is 0 Å². The molecule has 0 aromatic carbocycles. The van der Waals surface area contributed by atoms with Crippen molar-refractivity contribution in [3.8, 4) is 0 Å². The van der Waals surface area contributed by atoms with E-state index < -0.39 is 0 Å². The molecule has 0 N–H and O–H groups in total. The highest BCUT2D eigenvalue weighted by Crippen LogP contribution is 2.43. The summed E-state index contributed by atoms with van der Waals surface area (Å²) in [5.41, 5.74) is 0.570. The normalized spacial score (nSPS) is 19.6. The van der Waals surface area contributed by atoms with Gasteiger partial charge >= 0.3 is 0 Å². The fraction of sp³-hybridized carbons (Fsp3) is 1.00. The van der Waals surface area contributed by atoms with E-state index in [1.165, 1.54) is 38.5 Å². The Labute approximate surface area is 97.8 Å². The Balaban J connectivity index is 4.54. The summed E-state index contributed by atoms with van der Waals surface area (Å²) in [5.74, 6) is 1.76. The quantitative estimate of drug-likeness (QED) is 0.486. The lowest BCUT2D eigenvalue weighted by molar-refractivity contribution is 0.0858. The molecule has 0 aromatic rings. The molecule has 92 valence electrons. The minimum Gasteiger partial charge on any atom is -0.0654 e. The Bertz CT molecular complexity index is 136. The second-order valence-corrected chi connectivity index (χ2v) is 5.64. The molecule has 15 heavy (non-hydrogen) atoms. The summed E-state index contributed by atoms with van der Waals surface area (Å²) in [4.78, 5) is 0. The molecule has 0 saturated heterocycles. The van der Waals surface area contributed by atoms with Gasteiger partial charge in [0.2, 0.25) is 0 Å². The summed E-state index contributed by atoms with van der Waals surface area (Å²) in [6, 6.07) is 0. The number of hydrogen-bond donors (Lipinski definition) is 0. The van der Waals surface area contributed by atoms with Crippen LogP contribution in [0.15, 0.2) is 0 Å². The molecule has 0 rings (SSSR count). The maximum atomic E-state index is 2.52. The van der Waals surface area contributed by atoms with Crippen molar-refractivity contribution in [2.45, 2.75) is 80.1 Å². The maximum absolute atomic E-state index is 2.52. The molecule has 0 nitrogen and oxygen atoms in total. The predicted molar refractivity (Wildman–Crippen MR) is 71.2 cm³/mol. The predicted octanol–water partition coefficient (Wildman–Crippen LogP) is 5.67. The Morgan fingerprint density at radius 2 is 1.20 bits per heavy atom. The summed E-state index contributed by atoms with van der Waals surface area (Å²) in [6.45, 7) is 14.4. The lowest BCUT2D eigenvalue weighted by Crippen LogP contribution is -2.32. The monoisotopic (exact) mass is 212 g/mol. The van der Waals surface area contributed by atoms with Crippen LogP contribution in [0.4, 0.5) is 0 Å². The van der Waals surface area contributed by atoms with Crippen LogP contribution in [0, 0.1) is 17.3 Å². The summed E-state index contributed by atoms with van der Waals surface area (Å²) in [5, 5.41) is 0. The van der Waals surface area contributed by atoms with E-state index >= 15 is 0 Å². The third-order valence-corrected chi connectivity index (χ3v) is 4.48. The van der Waals surface area contributed by atoms with Crippen LogP contribution in [-0.2, 0) is 0 Å². The van der Waals surface area contributed by atoms with Crippen LogP contribution in [0.25, 0.3) is 0 Å². The smallest absolute Gasteiger partial charge is 0.0275 e. The van der Waals surface area contributed by atoms with Crippen LogP contribution in [0.1, 0.15) is 80.1 Å². The van der Waals surface area contributed by atoms with Gasteiger partial charge in [-0.15, -0.1) is 0 Å². The van der Waals surface area contributed by atoms with Gasteiger partial charge < -0.3 is 0 Å². The highest BCUT2D eigenvalue weighted by molar-refractivity contribution is 4.84. The standard InChI is InChI=1S/C15H32/c1-7-10-13(4)15(6,12-9-3)14(5)11-8-2/h13-14H,7-12H2,1-6H3. The minimum absolute atomic E-state index is 0.570. The Hall–Kier alpha value is 0. The first-order chi connectivity index (χ1) is 7.02. The first-order valence-corrected chi connectivity index (χ1v) is 7.02. The van der Waals surface area contributed by atoms with Gasteiger partial charge in [0.05, 0.1) is 0 Å². The topological polar surface area (TPSA) is 0 Å². The highest BCUT2D eigenvalue weighted by atomic mass is 14.4. The number of rotatable bonds is 8. The molecule has 0 aromatic heterocycles. The average molecular weight is 212 g/mol. The third kappa shape index (κ3) is 4.17. The average Bonchev–Trinajstić information content (AvgIpc) is 2.18. The summed E-state index contributed by atoms with van der Waals surface area (Å²) < 4.78 is 0. The minimum atomic E-state index is 0.570. The van der Waals surface area contributed by atoms with Crippen molar-refractivity contribution in [1.29, 1.82) is 0 Å². The van der Waals surface area contributed by atoms with E-state index in [0.29, 0.717) is 5.41 Å². The van der Waals surface area contributed by atoms with Crippen molar-refractivity contribution < 1.29 is 0 Å². The molecular formula is C15H32. The molecule has 0 aliphatic carbocycles. The molecule has 2 unspecified atom stereocenters. The molecule has 0 aliphatic rings. The van der Waals surface area contributed by atoms with Gasteiger partial charge in [-0.1, -0.05) is 73.6 Å². The molecule has 0 fully saturated rings. The zero-order chi connectivity index (χ0) is 11.9. The fourth-order valence-electron chi connectivity index (χ4n) is 3.04. The molecule has 0 bridgehead atoms. The van der Waals surface area contributed by atoms with Gasteiger partial charge in [-0.25, -0.2) is 0 Å². The van der Waals surface area contributed by atoms with Gasteiger partial charge in [-0.2, -0.15) is 0 Å². The molecule has 0 radical (unpaired) electrons. The third-order valence-electron chi connectivity index (χ3n) is 4.48. The highest BCUT2D eigenvalue weighted by Gasteiger charge is 2.34. The molecule has 2 atom stereocenters. The lowest BCUT2D eigenvalue weighted by atomic mass is 9.64. The molecule has 0 spiro atoms. The van der Waals surface area contributed by atoms with Crippen LogP contribution in [-0.4, -0.2) is 0 Å². The second kappa shape index (κ2) is 7.30. The largest absolute Gasteiger partial charge is 0.0654 e. The zero-order valence-corrected chi connectivity index (χ0v) is 11.9. The van der Waals surface area contributed by atoms with Crippen LogP contribution in [0.3, 0.4) is 0 Å². The van der Waals surface area contributed by atoms with Crippen molar-refractivity contribution in [2.24, 2.45) is 17.3 Å². The Morgan fingerprint density at radius 1 is 0.800 bits per heavy atom. The molecular weight excluding hydrogens is 180 g/mol. The SMILES string of the molecule is CCCC(C)C(C)(CCC)C(C)CCC. The van der Waals surface area contributed by atoms with Crippen molar-refractivity contribution in [3.05, 3.63) is 0 Å². The Kier molecular flexibility index (Phi) is 7.30. The first kappa shape index (κ1) is 15.0. The molecule has 0 saturated carbocycles. The van der Waals surface area contributed by atoms with E-state index in [1.54, 1.807) is 0 Å². The van der Waals surface area contributed by atoms with Crippen molar-refractivity contribution in [1.82, 2.24) is 0 Å². The van der Waals surface area contributed by atoms with Crippen molar-refractivity contribution in [3.63, 3.8) is 0 Å². The molecule has 0 amide bonds. The van der Waals surface area contributed by atoms with Gasteiger partial charge in [-0.3, -0.25) is 0 Å². The zero-order valence-electron chi connectivity index (χ0n) is 11.9. The van der Waals surface area contributed by atoms with Crippen LogP contribution in [0.5, 0.6) is 0 Å². The van der Waals surface area contributed by atoms with Gasteiger partial charge in [0.1, 0.15) is 0 Å². The fourth-order valence-corrected chi connectivity index (χ4v) is 3.04. The lowest BCUT2D eigenvalue weighted by Gasteiger charge is -2.41. The van der Waals surface area contributed by atoms with E-state index in [9.17, 15) is 0 Å².